The van der Waals surface area contributed by atoms with Crippen LogP contribution in [0.3, 0.4) is 0 Å². The molecular weight excluding hydrogens is 253 g/mol. The summed E-state index contributed by atoms with van der Waals surface area (Å²) in [4.78, 5) is 10.8. The molecule has 0 saturated carbocycles. The van der Waals surface area contributed by atoms with Crippen molar-refractivity contribution in [3.05, 3.63) is 0 Å². The van der Waals surface area contributed by atoms with Crippen LogP contribution in [0.15, 0.2) is 0 Å². The molecule has 0 aromatic heterocycles. The summed E-state index contributed by atoms with van der Waals surface area (Å²) in [5.74, 6) is -0.145. The number of carbonyl (C=O) groups is 1. The SMILES string of the molecule is CC(=O)OC(C)(C#N)CCC[P+](=O)OCC(C)C. The Kier molecular flexibility index (Phi) is 7.73. The van der Waals surface area contributed by atoms with Gasteiger partial charge in [-0.25, -0.2) is 0 Å². The van der Waals surface area contributed by atoms with Gasteiger partial charge in [0.05, 0.1) is 0 Å². The van der Waals surface area contributed by atoms with Crippen molar-refractivity contribution >= 4 is 14.0 Å². The van der Waals surface area contributed by atoms with Gasteiger partial charge in [-0.2, -0.15) is 5.26 Å². The Morgan fingerprint density at radius 3 is 2.56 bits per heavy atom. The van der Waals surface area contributed by atoms with Gasteiger partial charge in [0, 0.05) is 13.3 Å². The van der Waals surface area contributed by atoms with E-state index in [9.17, 15) is 9.36 Å². The highest BCUT2D eigenvalue weighted by atomic mass is 31.1. The number of hydrogen-bond donors (Lipinski definition) is 0. The summed E-state index contributed by atoms with van der Waals surface area (Å²) in [5, 5.41) is 8.94. The zero-order valence-electron chi connectivity index (χ0n) is 11.4. The first-order valence-electron chi connectivity index (χ1n) is 5.97. The molecule has 0 saturated heterocycles. The molecule has 6 heteroatoms. The second-order valence-electron chi connectivity index (χ2n) is 4.79. The van der Waals surface area contributed by atoms with Gasteiger partial charge in [0.25, 0.3) is 0 Å². The molecule has 0 heterocycles. The van der Waals surface area contributed by atoms with Gasteiger partial charge in [0.2, 0.25) is 0 Å². The molecule has 0 aliphatic rings. The molecule has 2 unspecified atom stereocenters. The molecule has 0 aliphatic carbocycles. The quantitative estimate of drug-likeness (QED) is 0.502. The van der Waals surface area contributed by atoms with Crippen LogP contribution in [0, 0.1) is 17.2 Å². The summed E-state index contributed by atoms with van der Waals surface area (Å²) >= 11 is 0. The minimum Gasteiger partial charge on any atom is -0.444 e. The van der Waals surface area contributed by atoms with E-state index in [1.807, 2.05) is 19.9 Å². The van der Waals surface area contributed by atoms with Crippen LogP contribution in [0.2, 0.25) is 0 Å². The van der Waals surface area contributed by atoms with Crippen molar-refractivity contribution in [3.63, 3.8) is 0 Å². The molecule has 102 valence electrons. The third-order valence-electron chi connectivity index (χ3n) is 2.15. The molecule has 5 nitrogen and oxygen atoms in total. The Bertz CT molecular complexity index is 337. The van der Waals surface area contributed by atoms with Crippen LogP contribution < -0.4 is 0 Å². The van der Waals surface area contributed by atoms with Crippen LogP contribution >= 0.6 is 8.03 Å². The summed E-state index contributed by atoms with van der Waals surface area (Å²) in [6.07, 6.45) is 1.25. The number of nitrogens with zero attached hydrogens (tertiary/aromatic N) is 1. The fourth-order valence-corrected chi connectivity index (χ4v) is 2.30. The Morgan fingerprint density at radius 2 is 2.11 bits per heavy atom. The van der Waals surface area contributed by atoms with E-state index in [4.69, 9.17) is 14.5 Å². The summed E-state index contributed by atoms with van der Waals surface area (Å²) in [5.41, 5.74) is -1.14. The second-order valence-corrected chi connectivity index (χ2v) is 6.16. The number of carbonyl (C=O) groups excluding carboxylic acids is 1. The summed E-state index contributed by atoms with van der Waals surface area (Å²) < 4.78 is 21.6. The molecule has 18 heavy (non-hydrogen) atoms. The zero-order chi connectivity index (χ0) is 14.2. The maximum atomic E-state index is 11.5. The Hall–Kier alpha value is -0.980. The smallest absolute Gasteiger partial charge is 0.444 e. The fourth-order valence-electron chi connectivity index (χ4n) is 1.29. The zero-order valence-corrected chi connectivity index (χ0v) is 12.3. The fraction of sp³-hybridized carbons (Fsp3) is 0.833. The van der Waals surface area contributed by atoms with Crippen molar-refractivity contribution in [2.45, 2.75) is 46.1 Å². The topological polar surface area (TPSA) is 76.4 Å². The number of hydrogen-bond acceptors (Lipinski definition) is 5. The summed E-state index contributed by atoms with van der Waals surface area (Å²) in [7, 11) is -1.69. The van der Waals surface area contributed by atoms with E-state index >= 15 is 0 Å². The summed E-state index contributed by atoms with van der Waals surface area (Å²) in [6, 6.07) is 1.96. The van der Waals surface area contributed by atoms with Crippen LogP contribution in [0.25, 0.3) is 0 Å². The number of rotatable bonds is 8. The Balaban J connectivity index is 3.98. The first kappa shape index (κ1) is 17.0. The van der Waals surface area contributed by atoms with Crippen LogP contribution in [0.5, 0.6) is 0 Å². The van der Waals surface area contributed by atoms with Gasteiger partial charge in [-0.05, 0) is 23.8 Å². The molecule has 0 bridgehead atoms. The molecule has 0 amide bonds. The van der Waals surface area contributed by atoms with Gasteiger partial charge in [0.15, 0.2) is 11.8 Å². The molecule has 0 aromatic carbocycles. The highest BCUT2D eigenvalue weighted by molar-refractivity contribution is 7.39. The summed E-state index contributed by atoms with van der Waals surface area (Å²) in [6.45, 7) is 7.25. The average molecular weight is 274 g/mol. The standard InChI is InChI=1S/C12H21NO4P/c1-10(2)8-16-18(15)7-5-6-12(4,9-13)17-11(3)14/h10H,5-8H2,1-4H3/q+1. The van der Waals surface area contributed by atoms with Crippen molar-refractivity contribution in [3.8, 4) is 6.07 Å². The average Bonchev–Trinajstić information content (AvgIpc) is 2.25. The van der Waals surface area contributed by atoms with Gasteiger partial charge in [-0.15, -0.1) is 4.52 Å². The third-order valence-corrected chi connectivity index (χ3v) is 3.27. The number of esters is 1. The van der Waals surface area contributed by atoms with Gasteiger partial charge in [-0.3, -0.25) is 4.79 Å². The van der Waals surface area contributed by atoms with Gasteiger partial charge in [-0.1, -0.05) is 13.8 Å². The second kappa shape index (κ2) is 8.18. The normalized spacial score (nSPS) is 14.8. The van der Waals surface area contributed by atoms with Crippen molar-refractivity contribution in [2.24, 2.45) is 5.92 Å². The number of ether oxygens (including phenoxy) is 1. The monoisotopic (exact) mass is 274 g/mol. The first-order valence-corrected chi connectivity index (χ1v) is 7.34. The highest BCUT2D eigenvalue weighted by Gasteiger charge is 2.29. The minimum atomic E-state index is -1.69. The lowest BCUT2D eigenvalue weighted by Gasteiger charge is -2.19. The largest absolute Gasteiger partial charge is 0.508 e. The third kappa shape index (κ3) is 8.16. The van der Waals surface area contributed by atoms with Crippen molar-refractivity contribution in [2.75, 3.05) is 12.8 Å². The van der Waals surface area contributed by atoms with E-state index in [-0.39, 0.29) is 0 Å². The maximum absolute atomic E-state index is 11.5. The van der Waals surface area contributed by atoms with Gasteiger partial charge >= 0.3 is 14.0 Å². The van der Waals surface area contributed by atoms with E-state index in [1.165, 1.54) is 6.92 Å². The predicted octanol–water partition coefficient (Wildman–Crippen LogP) is 3.03. The molecule has 0 N–H and O–H groups in total. The molecule has 0 spiro atoms. The highest BCUT2D eigenvalue weighted by Crippen LogP contribution is 2.27. The molecule has 0 fully saturated rings. The van der Waals surface area contributed by atoms with Crippen molar-refractivity contribution in [1.29, 1.82) is 5.26 Å². The van der Waals surface area contributed by atoms with E-state index in [0.29, 0.717) is 31.5 Å². The first-order chi connectivity index (χ1) is 8.29. The predicted molar refractivity (Wildman–Crippen MR) is 68.3 cm³/mol. The lowest BCUT2D eigenvalue weighted by atomic mass is 10.0. The maximum Gasteiger partial charge on any atom is 0.508 e. The molecule has 2 atom stereocenters. The molecule has 0 rings (SSSR count). The molecule has 0 aromatic rings. The Morgan fingerprint density at radius 1 is 1.50 bits per heavy atom. The van der Waals surface area contributed by atoms with Crippen LogP contribution in [-0.4, -0.2) is 24.3 Å². The van der Waals surface area contributed by atoms with E-state index in [2.05, 4.69) is 0 Å². The molecular formula is C12H21NO4P+. The van der Waals surface area contributed by atoms with E-state index < -0.39 is 19.6 Å². The molecule has 0 radical (unpaired) electrons. The van der Waals surface area contributed by atoms with Crippen LogP contribution in [0.4, 0.5) is 0 Å². The van der Waals surface area contributed by atoms with E-state index in [1.54, 1.807) is 6.92 Å². The minimum absolute atomic E-state index is 0.342. The van der Waals surface area contributed by atoms with Crippen molar-refractivity contribution < 1.29 is 18.6 Å². The van der Waals surface area contributed by atoms with Crippen molar-refractivity contribution in [1.82, 2.24) is 0 Å². The molecule has 0 aliphatic heterocycles. The van der Waals surface area contributed by atoms with Crippen LogP contribution in [0.1, 0.15) is 40.5 Å². The Labute approximate surface area is 109 Å². The lowest BCUT2D eigenvalue weighted by molar-refractivity contribution is -0.150. The van der Waals surface area contributed by atoms with Crippen LogP contribution in [-0.2, 0) is 18.6 Å². The van der Waals surface area contributed by atoms with E-state index in [0.717, 1.165) is 0 Å². The van der Waals surface area contributed by atoms with Gasteiger partial charge in [0.1, 0.15) is 12.7 Å². The number of nitriles is 1. The van der Waals surface area contributed by atoms with Gasteiger partial charge < -0.3 is 4.74 Å². The lowest BCUT2D eigenvalue weighted by Crippen LogP contribution is -2.29.